The van der Waals surface area contributed by atoms with Crippen LogP contribution in [0.1, 0.15) is 88.3 Å². The summed E-state index contributed by atoms with van der Waals surface area (Å²) in [6, 6.07) is 10.2. The van der Waals surface area contributed by atoms with Crippen LogP contribution in [0.2, 0.25) is 0 Å². The standard InChI is InChI=1S/C47H49F3N12O7/c1-69-36-23-33-28(22-34(36)57-41(65)32-6-3-7-37(56-32)47(48,49)50)26-61(59-33)21-18-51-16-17-52-40(64)27-10-12-46(13-11-27)14-19-60(20-15-46)45-53-24-29(25-54-45)55-31-5-2-4-30-39(31)44(68)62(43(30)67)35-8-9-38(63)58-42(35)66/h2-7,22-27,35,51,55H,8-21H2,1H3,(H,52,64)(H,57,65)(H,58,63,66). The van der Waals surface area contributed by atoms with Crippen molar-refractivity contribution in [2.24, 2.45) is 11.3 Å². The number of aromatic nitrogens is 5. The Morgan fingerprint density at radius 2 is 1.65 bits per heavy atom. The largest absolute Gasteiger partial charge is 0.494 e. The molecular weight excluding hydrogens is 902 g/mol. The second-order valence-electron chi connectivity index (χ2n) is 17.7. The first-order valence-electron chi connectivity index (χ1n) is 22.8. The lowest BCUT2D eigenvalue weighted by Gasteiger charge is -2.45. The number of halogens is 3. The minimum atomic E-state index is -4.69. The number of amides is 6. The van der Waals surface area contributed by atoms with Gasteiger partial charge in [0.1, 0.15) is 23.2 Å². The lowest BCUT2D eigenvalue weighted by molar-refractivity contribution is -0.141. The summed E-state index contributed by atoms with van der Waals surface area (Å²) in [7, 11) is 1.41. The Morgan fingerprint density at radius 3 is 2.38 bits per heavy atom. The highest BCUT2D eigenvalue weighted by Crippen LogP contribution is 2.47. The van der Waals surface area contributed by atoms with Gasteiger partial charge in [0.2, 0.25) is 23.7 Å². The molecule has 5 N–H and O–H groups in total. The highest BCUT2D eigenvalue weighted by molar-refractivity contribution is 6.25. The highest BCUT2D eigenvalue weighted by Gasteiger charge is 2.46. The van der Waals surface area contributed by atoms with E-state index >= 15 is 0 Å². The Labute approximate surface area is 392 Å². The number of nitrogens with zero attached hydrogens (tertiary/aromatic N) is 7. The number of nitrogens with one attached hydrogen (secondary N) is 5. The van der Waals surface area contributed by atoms with Crippen molar-refractivity contribution in [3.05, 3.63) is 89.6 Å². The molecule has 3 aliphatic heterocycles. The van der Waals surface area contributed by atoms with Crippen LogP contribution in [0.5, 0.6) is 5.75 Å². The van der Waals surface area contributed by atoms with Crippen LogP contribution in [0, 0.1) is 11.3 Å². The predicted octanol–water partition coefficient (Wildman–Crippen LogP) is 4.83. The van der Waals surface area contributed by atoms with E-state index in [1.54, 1.807) is 47.5 Å². The van der Waals surface area contributed by atoms with Gasteiger partial charge in [-0.3, -0.25) is 43.7 Å². The van der Waals surface area contributed by atoms with E-state index in [4.69, 9.17) is 4.74 Å². The zero-order valence-electron chi connectivity index (χ0n) is 37.5. The molecule has 5 aromatic rings. The van der Waals surface area contributed by atoms with E-state index in [-0.39, 0.29) is 58.3 Å². The van der Waals surface area contributed by atoms with Crippen molar-refractivity contribution in [3.63, 3.8) is 0 Å². The van der Waals surface area contributed by atoms with Gasteiger partial charge in [0.05, 0.1) is 59.8 Å². The summed E-state index contributed by atoms with van der Waals surface area (Å²) < 4.78 is 46.6. The van der Waals surface area contributed by atoms with E-state index in [9.17, 15) is 41.9 Å². The summed E-state index contributed by atoms with van der Waals surface area (Å²) in [6.45, 7) is 3.67. The molecule has 69 heavy (non-hydrogen) atoms. The number of hydrogen-bond donors (Lipinski definition) is 5. The number of piperidine rings is 2. The second-order valence-corrected chi connectivity index (χ2v) is 17.7. The van der Waals surface area contributed by atoms with Crippen molar-refractivity contribution in [1.29, 1.82) is 0 Å². The number of alkyl halides is 3. The van der Waals surface area contributed by atoms with Crippen molar-refractivity contribution in [1.82, 2.24) is 45.6 Å². The third-order valence-corrected chi connectivity index (χ3v) is 13.4. The molecule has 360 valence electrons. The van der Waals surface area contributed by atoms with Gasteiger partial charge >= 0.3 is 6.18 Å². The van der Waals surface area contributed by atoms with Crippen molar-refractivity contribution < 1.29 is 46.7 Å². The number of benzene rings is 2. The van der Waals surface area contributed by atoms with Crippen molar-refractivity contribution in [2.45, 2.75) is 70.1 Å². The number of anilines is 4. The maximum atomic E-state index is 13.5. The van der Waals surface area contributed by atoms with Crippen molar-refractivity contribution >= 4 is 69.4 Å². The average Bonchev–Trinajstić information content (AvgIpc) is 3.86. The Kier molecular flexibility index (Phi) is 13.0. The van der Waals surface area contributed by atoms with Crippen LogP contribution < -0.4 is 36.2 Å². The summed E-state index contributed by atoms with van der Waals surface area (Å²) in [5, 5.41) is 19.6. The monoisotopic (exact) mass is 950 g/mol. The van der Waals surface area contributed by atoms with E-state index in [1.807, 2.05) is 0 Å². The molecule has 1 aliphatic carbocycles. The summed E-state index contributed by atoms with van der Waals surface area (Å²) in [6.07, 6.45) is 5.96. The quantitative estimate of drug-likeness (QED) is 0.0742. The van der Waals surface area contributed by atoms with Gasteiger partial charge in [-0.05, 0) is 80.7 Å². The summed E-state index contributed by atoms with van der Waals surface area (Å²) in [4.78, 5) is 92.6. The maximum Gasteiger partial charge on any atom is 0.433 e. The molecule has 1 atom stereocenters. The molecule has 2 aromatic carbocycles. The molecule has 6 heterocycles. The first-order valence-corrected chi connectivity index (χ1v) is 22.8. The molecule has 2 saturated heterocycles. The normalized spacial score (nSPS) is 18.3. The number of ether oxygens (including phenoxy) is 1. The molecule has 4 aliphatic rings. The molecule has 22 heteroatoms. The SMILES string of the molecule is COc1cc2nn(CCNCCNC(=O)C3CCC4(CC3)CCN(c3ncc(Nc5cccc6c5C(=O)N(C5CCC(=O)NC5=O)C6=O)cn3)CC4)cc2cc1NC(=O)c1cccc(C(F)(F)F)n1. The molecular formula is C47H49F3N12O7. The van der Waals surface area contributed by atoms with Gasteiger partial charge in [0.15, 0.2) is 0 Å². The van der Waals surface area contributed by atoms with Crippen molar-refractivity contribution in [3.8, 4) is 5.75 Å². The van der Waals surface area contributed by atoms with E-state index in [0.29, 0.717) is 54.4 Å². The number of carbonyl (C=O) groups is 6. The first-order chi connectivity index (χ1) is 33.2. The van der Waals surface area contributed by atoms with Crippen LogP contribution in [-0.4, -0.2) is 111 Å². The third kappa shape index (κ3) is 9.92. The lowest BCUT2D eigenvalue weighted by Crippen LogP contribution is -2.54. The molecule has 1 spiro atoms. The Morgan fingerprint density at radius 1 is 0.899 bits per heavy atom. The molecule has 0 bridgehead atoms. The number of imide groups is 2. The molecule has 3 aromatic heterocycles. The molecule has 9 rings (SSSR count). The van der Waals surface area contributed by atoms with E-state index in [1.165, 1.54) is 19.2 Å². The fourth-order valence-electron chi connectivity index (χ4n) is 9.62. The van der Waals surface area contributed by atoms with Gasteiger partial charge < -0.3 is 30.9 Å². The van der Waals surface area contributed by atoms with Crippen LogP contribution in [0.4, 0.5) is 36.2 Å². The van der Waals surface area contributed by atoms with Crippen molar-refractivity contribution in [2.75, 3.05) is 55.4 Å². The Balaban J connectivity index is 0.687. The number of fused-ring (bicyclic) bond motifs is 2. The fraction of sp³-hybridized carbons (Fsp3) is 0.404. The number of carbonyl (C=O) groups excluding carboxylic acids is 6. The molecule has 1 unspecified atom stereocenters. The van der Waals surface area contributed by atoms with Crippen LogP contribution in [0.3, 0.4) is 0 Å². The highest BCUT2D eigenvalue weighted by atomic mass is 19.4. The second kappa shape index (κ2) is 19.2. The fourth-order valence-corrected chi connectivity index (χ4v) is 9.62. The number of methoxy groups -OCH3 is 1. The molecule has 1 saturated carbocycles. The lowest BCUT2D eigenvalue weighted by atomic mass is 9.65. The number of rotatable bonds is 14. The maximum absolute atomic E-state index is 13.5. The van der Waals surface area contributed by atoms with Gasteiger partial charge in [-0.15, -0.1) is 0 Å². The van der Waals surface area contributed by atoms with Gasteiger partial charge in [-0.1, -0.05) is 12.1 Å². The predicted molar refractivity (Wildman–Crippen MR) is 244 cm³/mol. The van der Waals surface area contributed by atoms with Crippen LogP contribution in [0.25, 0.3) is 10.9 Å². The van der Waals surface area contributed by atoms with Crippen LogP contribution >= 0.6 is 0 Å². The average molecular weight is 951 g/mol. The van der Waals surface area contributed by atoms with Crippen LogP contribution in [-0.2, 0) is 27.1 Å². The van der Waals surface area contributed by atoms with Gasteiger partial charge in [-0.25, -0.2) is 15.0 Å². The molecule has 6 amide bonds. The first kappa shape index (κ1) is 46.6. The minimum absolute atomic E-state index is 0.0342. The molecule has 0 radical (unpaired) electrons. The van der Waals surface area contributed by atoms with Gasteiger partial charge in [0, 0.05) is 62.7 Å². The van der Waals surface area contributed by atoms with E-state index in [0.717, 1.165) is 68.6 Å². The zero-order valence-corrected chi connectivity index (χ0v) is 37.5. The molecule has 3 fully saturated rings. The Hall–Kier alpha value is -7.49. The topological polar surface area (TPSA) is 235 Å². The van der Waals surface area contributed by atoms with E-state index < -0.39 is 47.4 Å². The zero-order chi connectivity index (χ0) is 48.5. The Bertz CT molecular complexity index is 2820. The van der Waals surface area contributed by atoms with Gasteiger partial charge in [-0.2, -0.15) is 18.3 Å². The van der Waals surface area contributed by atoms with E-state index in [2.05, 4.69) is 51.5 Å². The minimum Gasteiger partial charge on any atom is -0.494 e. The van der Waals surface area contributed by atoms with Crippen LogP contribution in [0.15, 0.2) is 67.1 Å². The van der Waals surface area contributed by atoms with Gasteiger partial charge in [0.25, 0.3) is 17.7 Å². The number of pyridine rings is 1. The summed E-state index contributed by atoms with van der Waals surface area (Å²) in [5.41, 5.74) is 0.673. The third-order valence-electron chi connectivity index (χ3n) is 13.4. The molecule has 19 nitrogen and oxygen atoms in total. The summed E-state index contributed by atoms with van der Waals surface area (Å²) in [5.74, 6) is -2.23. The number of hydrogen-bond acceptors (Lipinski definition) is 14. The summed E-state index contributed by atoms with van der Waals surface area (Å²) >= 11 is 0. The smallest absolute Gasteiger partial charge is 0.433 e.